The van der Waals surface area contributed by atoms with Crippen molar-refractivity contribution in [1.82, 2.24) is 0 Å². The highest BCUT2D eigenvalue weighted by atomic mass is 14.6. The van der Waals surface area contributed by atoms with E-state index < -0.39 is 0 Å². The normalized spacial score (nSPS) is 12.5. The van der Waals surface area contributed by atoms with E-state index in [9.17, 15) is 0 Å². The van der Waals surface area contributed by atoms with Crippen molar-refractivity contribution in [2.75, 3.05) is 0 Å². The largest absolute Gasteiger partial charge is 0.324 e. The zero-order valence-electron chi connectivity index (χ0n) is 12.3. The van der Waals surface area contributed by atoms with Crippen LogP contribution >= 0.6 is 0 Å². The first kappa shape index (κ1) is 13.8. The van der Waals surface area contributed by atoms with Crippen LogP contribution in [-0.2, 0) is 6.42 Å². The third-order valence-electron chi connectivity index (χ3n) is 3.85. The van der Waals surface area contributed by atoms with Crippen LogP contribution in [0.15, 0.2) is 36.4 Å². The van der Waals surface area contributed by atoms with E-state index in [0.29, 0.717) is 0 Å². The number of hydrogen-bond acceptors (Lipinski definition) is 1. The first-order valence-electron chi connectivity index (χ1n) is 6.86. The van der Waals surface area contributed by atoms with E-state index >= 15 is 0 Å². The van der Waals surface area contributed by atoms with Gasteiger partial charge in [-0.3, -0.25) is 0 Å². The Hall–Kier alpha value is -1.60. The lowest BCUT2D eigenvalue weighted by atomic mass is 9.94. The predicted molar refractivity (Wildman–Crippen MR) is 82.5 cm³/mol. The number of nitrogens with two attached hydrogens (primary N) is 1. The Morgan fingerprint density at radius 2 is 1.58 bits per heavy atom. The van der Waals surface area contributed by atoms with Crippen molar-refractivity contribution in [3.05, 3.63) is 69.8 Å². The quantitative estimate of drug-likeness (QED) is 0.873. The zero-order chi connectivity index (χ0) is 14.0. The van der Waals surface area contributed by atoms with Crippen LogP contribution in [0.4, 0.5) is 0 Å². The molecule has 0 aliphatic carbocycles. The van der Waals surface area contributed by atoms with Crippen molar-refractivity contribution in [2.45, 2.75) is 40.2 Å². The van der Waals surface area contributed by atoms with E-state index in [0.717, 1.165) is 6.42 Å². The van der Waals surface area contributed by atoms with Crippen LogP contribution in [0.3, 0.4) is 0 Å². The molecule has 1 nitrogen and oxygen atoms in total. The van der Waals surface area contributed by atoms with Gasteiger partial charge in [-0.2, -0.15) is 0 Å². The summed E-state index contributed by atoms with van der Waals surface area (Å²) in [6.45, 7) is 8.55. The van der Waals surface area contributed by atoms with Gasteiger partial charge in [0.25, 0.3) is 0 Å². The molecule has 100 valence electrons. The molecule has 0 bridgehead atoms. The standard InChI is InChI=1S/C18H23N/c1-12-5-8-17(15(4)9-12)18(19)11-16-7-6-13(2)14(3)10-16/h5-10,18H,11,19H2,1-4H3. The lowest BCUT2D eigenvalue weighted by molar-refractivity contribution is 0.715. The van der Waals surface area contributed by atoms with Crippen molar-refractivity contribution in [3.63, 3.8) is 0 Å². The third kappa shape index (κ3) is 3.24. The van der Waals surface area contributed by atoms with Crippen molar-refractivity contribution in [1.29, 1.82) is 0 Å². The van der Waals surface area contributed by atoms with Crippen LogP contribution < -0.4 is 5.73 Å². The van der Waals surface area contributed by atoms with Crippen molar-refractivity contribution in [2.24, 2.45) is 5.73 Å². The first-order chi connectivity index (χ1) is 8.97. The number of hydrogen-bond donors (Lipinski definition) is 1. The Kier molecular flexibility index (Phi) is 4.06. The molecule has 0 amide bonds. The van der Waals surface area contributed by atoms with Gasteiger partial charge in [0.1, 0.15) is 0 Å². The minimum Gasteiger partial charge on any atom is -0.324 e. The predicted octanol–water partition coefficient (Wildman–Crippen LogP) is 4.16. The average Bonchev–Trinajstić information content (AvgIpc) is 2.33. The highest BCUT2D eigenvalue weighted by Gasteiger charge is 2.10. The maximum atomic E-state index is 6.37. The molecule has 0 aliphatic heterocycles. The summed E-state index contributed by atoms with van der Waals surface area (Å²) in [5, 5.41) is 0. The Balaban J connectivity index is 2.20. The summed E-state index contributed by atoms with van der Waals surface area (Å²) in [5.74, 6) is 0. The summed E-state index contributed by atoms with van der Waals surface area (Å²) in [6, 6.07) is 13.2. The second-order valence-corrected chi connectivity index (χ2v) is 5.59. The monoisotopic (exact) mass is 253 g/mol. The van der Waals surface area contributed by atoms with Crippen molar-refractivity contribution >= 4 is 0 Å². The fourth-order valence-corrected chi connectivity index (χ4v) is 2.54. The van der Waals surface area contributed by atoms with Gasteiger partial charge in [-0.15, -0.1) is 0 Å². The van der Waals surface area contributed by atoms with Crippen LogP contribution in [-0.4, -0.2) is 0 Å². The number of aryl methyl sites for hydroxylation is 4. The maximum Gasteiger partial charge on any atom is 0.0338 e. The second-order valence-electron chi connectivity index (χ2n) is 5.59. The lowest BCUT2D eigenvalue weighted by Crippen LogP contribution is -2.14. The third-order valence-corrected chi connectivity index (χ3v) is 3.85. The molecule has 2 aromatic rings. The molecule has 2 rings (SSSR count). The van der Waals surface area contributed by atoms with E-state index in [4.69, 9.17) is 5.73 Å². The van der Waals surface area contributed by atoms with Gasteiger partial charge < -0.3 is 5.73 Å². The van der Waals surface area contributed by atoms with E-state index in [2.05, 4.69) is 64.1 Å². The highest BCUT2D eigenvalue weighted by molar-refractivity contribution is 5.35. The molecule has 0 aliphatic rings. The minimum absolute atomic E-state index is 0.0720. The van der Waals surface area contributed by atoms with Gasteiger partial charge in [0.05, 0.1) is 0 Å². The SMILES string of the molecule is Cc1ccc(C(N)Cc2ccc(C)c(C)c2)c(C)c1. The first-order valence-corrected chi connectivity index (χ1v) is 6.86. The van der Waals surface area contributed by atoms with Gasteiger partial charge in [-0.1, -0.05) is 42.0 Å². The number of rotatable bonds is 3. The van der Waals surface area contributed by atoms with E-state index in [1.54, 1.807) is 0 Å². The lowest BCUT2D eigenvalue weighted by Gasteiger charge is -2.16. The maximum absolute atomic E-state index is 6.37. The molecule has 1 atom stereocenters. The molecular weight excluding hydrogens is 230 g/mol. The number of benzene rings is 2. The summed E-state index contributed by atoms with van der Waals surface area (Å²) < 4.78 is 0. The molecule has 1 unspecified atom stereocenters. The fourth-order valence-electron chi connectivity index (χ4n) is 2.54. The van der Waals surface area contributed by atoms with Crippen LogP contribution in [0.5, 0.6) is 0 Å². The molecule has 0 spiro atoms. The van der Waals surface area contributed by atoms with Gasteiger partial charge in [0.15, 0.2) is 0 Å². The Bertz CT molecular complexity index is 584. The molecule has 2 aromatic carbocycles. The summed E-state index contributed by atoms with van der Waals surface area (Å²) in [5.41, 5.74) is 14.2. The van der Waals surface area contributed by atoms with Crippen LogP contribution in [0.2, 0.25) is 0 Å². The molecule has 0 saturated heterocycles. The Morgan fingerprint density at radius 3 is 2.21 bits per heavy atom. The van der Waals surface area contributed by atoms with E-state index in [-0.39, 0.29) is 6.04 Å². The topological polar surface area (TPSA) is 26.0 Å². The van der Waals surface area contributed by atoms with Crippen molar-refractivity contribution in [3.8, 4) is 0 Å². The summed E-state index contributed by atoms with van der Waals surface area (Å²) in [7, 11) is 0. The Labute approximate surface area is 116 Å². The summed E-state index contributed by atoms with van der Waals surface area (Å²) >= 11 is 0. The molecule has 19 heavy (non-hydrogen) atoms. The van der Waals surface area contributed by atoms with Gasteiger partial charge >= 0.3 is 0 Å². The van der Waals surface area contributed by atoms with Gasteiger partial charge in [-0.05, 0) is 61.9 Å². The Morgan fingerprint density at radius 1 is 0.842 bits per heavy atom. The summed E-state index contributed by atoms with van der Waals surface area (Å²) in [4.78, 5) is 0. The minimum atomic E-state index is 0.0720. The summed E-state index contributed by atoms with van der Waals surface area (Å²) in [6.07, 6.45) is 0.894. The highest BCUT2D eigenvalue weighted by Crippen LogP contribution is 2.21. The molecule has 2 N–H and O–H groups in total. The van der Waals surface area contributed by atoms with Crippen molar-refractivity contribution < 1.29 is 0 Å². The van der Waals surface area contributed by atoms with Crippen LogP contribution in [0.25, 0.3) is 0 Å². The average molecular weight is 253 g/mol. The van der Waals surface area contributed by atoms with Gasteiger partial charge in [-0.25, -0.2) is 0 Å². The molecule has 0 aromatic heterocycles. The smallest absolute Gasteiger partial charge is 0.0338 e. The van der Waals surface area contributed by atoms with E-state index in [1.165, 1.54) is 33.4 Å². The van der Waals surface area contributed by atoms with Crippen LogP contribution in [0, 0.1) is 27.7 Å². The molecule has 0 radical (unpaired) electrons. The molecule has 0 saturated carbocycles. The molecule has 1 heteroatoms. The van der Waals surface area contributed by atoms with Crippen LogP contribution in [0.1, 0.15) is 39.4 Å². The molecular formula is C18H23N. The van der Waals surface area contributed by atoms with Gasteiger partial charge in [0, 0.05) is 6.04 Å². The fraction of sp³-hybridized carbons (Fsp3) is 0.333. The zero-order valence-corrected chi connectivity index (χ0v) is 12.3. The van der Waals surface area contributed by atoms with Gasteiger partial charge in [0.2, 0.25) is 0 Å². The molecule has 0 heterocycles. The second kappa shape index (κ2) is 5.58. The molecule has 0 fully saturated rings. The van der Waals surface area contributed by atoms with E-state index in [1.807, 2.05) is 0 Å².